The third kappa shape index (κ3) is 4.31. The SMILES string of the molecule is CCN(CCC(=O)O)C(=O)Cc1cccc(F)c1F. The second kappa shape index (κ2) is 6.82. The lowest BCUT2D eigenvalue weighted by Crippen LogP contribution is -2.34. The number of amides is 1. The fourth-order valence-electron chi connectivity index (χ4n) is 1.65. The monoisotopic (exact) mass is 271 g/mol. The number of likely N-dealkylation sites (N-methyl/N-ethyl adjacent to an activating group) is 1. The summed E-state index contributed by atoms with van der Waals surface area (Å²) in [4.78, 5) is 23.6. The van der Waals surface area contributed by atoms with E-state index >= 15 is 0 Å². The number of hydrogen-bond acceptors (Lipinski definition) is 2. The molecule has 0 radical (unpaired) electrons. The van der Waals surface area contributed by atoms with Crippen LogP contribution in [0.1, 0.15) is 18.9 Å². The Kier molecular flexibility index (Phi) is 5.41. The van der Waals surface area contributed by atoms with E-state index in [-0.39, 0.29) is 24.9 Å². The number of nitrogens with zero attached hydrogens (tertiary/aromatic N) is 1. The van der Waals surface area contributed by atoms with Gasteiger partial charge in [0, 0.05) is 18.7 Å². The maximum absolute atomic E-state index is 13.4. The standard InChI is InChI=1S/C13H15F2NO3/c1-2-16(7-6-12(18)19)11(17)8-9-4-3-5-10(14)13(9)15/h3-5H,2,6-8H2,1H3,(H,18,19). The lowest BCUT2D eigenvalue weighted by Gasteiger charge is -2.20. The van der Waals surface area contributed by atoms with Crippen molar-refractivity contribution in [3.05, 3.63) is 35.4 Å². The fraction of sp³-hybridized carbons (Fsp3) is 0.385. The van der Waals surface area contributed by atoms with E-state index in [9.17, 15) is 18.4 Å². The fourth-order valence-corrected chi connectivity index (χ4v) is 1.65. The Bertz CT molecular complexity index is 477. The zero-order valence-corrected chi connectivity index (χ0v) is 10.5. The smallest absolute Gasteiger partial charge is 0.305 e. The molecular formula is C13H15F2NO3. The quantitative estimate of drug-likeness (QED) is 0.858. The number of hydrogen-bond donors (Lipinski definition) is 1. The molecule has 1 N–H and O–H groups in total. The Morgan fingerprint density at radius 2 is 2.00 bits per heavy atom. The maximum atomic E-state index is 13.4. The van der Waals surface area contributed by atoms with Gasteiger partial charge in [0.25, 0.3) is 0 Å². The normalized spacial score (nSPS) is 10.3. The third-order valence-electron chi connectivity index (χ3n) is 2.70. The van der Waals surface area contributed by atoms with E-state index in [4.69, 9.17) is 5.11 Å². The van der Waals surface area contributed by atoms with Gasteiger partial charge in [-0.2, -0.15) is 0 Å². The Morgan fingerprint density at radius 3 is 2.58 bits per heavy atom. The Hall–Kier alpha value is -1.98. The van der Waals surface area contributed by atoms with Crippen molar-refractivity contribution in [1.29, 1.82) is 0 Å². The van der Waals surface area contributed by atoms with Gasteiger partial charge >= 0.3 is 5.97 Å². The second-order valence-electron chi connectivity index (χ2n) is 4.01. The van der Waals surface area contributed by atoms with Crippen molar-refractivity contribution in [2.24, 2.45) is 0 Å². The number of halogens is 2. The molecule has 1 rings (SSSR count). The summed E-state index contributed by atoms with van der Waals surface area (Å²) < 4.78 is 26.4. The summed E-state index contributed by atoms with van der Waals surface area (Å²) in [5, 5.41) is 8.56. The molecule has 0 aromatic heterocycles. The van der Waals surface area contributed by atoms with E-state index < -0.39 is 23.5 Å². The summed E-state index contributed by atoms with van der Waals surface area (Å²) in [6.07, 6.45) is -0.456. The minimum atomic E-state index is -1.04. The number of carbonyl (C=O) groups is 2. The van der Waals surface area contributed by atoms with Gasteiger partial charge in [0.05, 0.1) is 12.8 Å². The highest BCUT2D eigenvalue weighted by Crippen LogP contribution is 2.13. The van der Waals surface area contributed by atoms with Crippen molar-refractivity contribution >= 4 is 11.9 Å². The van der Waals surface area contributed by atoms with Crippen LogP contribution < -0.4 is 0 Å². The van der Waals surface area contributed by atoms with Gasteiger partial charge in [0.15, 0.2) is 11.6 Å². The van der Waals surface area contributed by atoms with Gasteiger partial charge in [-0.05, 0) is 13.0 Å². The van der Waals surface area contributed by atoms with Crippen LogP contribution in [0.5, 0.6) is 0 Å². The molecule has 104 valence electrons. The molecule has 0 bridgehead atoms. The number of rotatable bonds is 6. The van der Waals surface area contributed by atoms with E-state index in [1.165, 1.54) is 17.0 Å². The maximum Gasteiger partial charge on any atom is 0.305 e. The summed E-state index contributed by atoms with van der Waals surface area (Å²) in [6, 6.07) is 3.64. The van der Waals surface area contributed by atoms with Crippen molar-refractivity contribution in [2.45, 2.75) is 19.8 Å². The highest BCUT2D eigenvalue weighted by atomic mass is 19.2. The Labute approximate surface area is 109 Å². The third-order valence-corrected chi connectivity index (χ3v) is 2.70. The largest absolute Gasteiger partial charge is 0.481 e. The van der Waals surface area contributed by atoms with Gasteiger partial charge in [-0.3, -0.25) is 9.59 Å². The second-order valence-corrected chi connectivity index (χ2v) is 4.01. The molecule has 0 saturated heterocycles. The Balaban J connectivity index is 2.71. The highest BCUT2D eigenvalue weighted by molar-refractivity contribution is 5.79. The first-order chi connectivity index (χ1) is 8.95. The van der Waals surface area contributed by atoms with Gasteiger partial charge in [0.2, 0.25) is 5.91 Å². The molecular weight excluding hydrogens is 256 g/mol. The van der Waals surface area contributed by atoms with Crippen molar-refractivity contribution < 1.29 is 23.5 Å². The van der Waals surface area contributed by atoms with Crippen LogP contribution >= 0.6 is 0 Å². The van der Waals surface area contributed by atoms with Crippen LogP contribution in [0.4, 0.5) is 8.78 Å². The van der Waals surface area contributed by atoms with Gasteiger partial charge in [0.1, 0.15) is 0 Å². The predicted molar refractivity (Wildman–Crippen MR) is 64.6 cm³/mol. The molecule has 0 aliphatic rings. The van der Waals surface area contributed by atoms with Crippen LogP contribution in [-0.4, -0.2) is 35.0 Å². The van der Waals surface area contributed by atoms with E-state index in [1.807, 2.05) is 0 Å². The van der Waals surface area contributed by atoms with Gasteiger partial charge in [-0.1, -0.05) is 12.1 Å². The highest BCUT2D eigenvalue weighted by Gasteiger charge is 2.16. The summed E-state index contributed by atoms with van der Waals surface area (Å²) in [5.41, 5.74) is -0.0289. The molecule has 6 heteroatoms. The lowest BCUT2D eigenvalue weighted by atomic mass is 10.1. The van der Waals surface area contributed by atoms with Gasteiger partial charge in [-0.15, -0.1) is 0 Å². The van der Waals surface area contributed by atoms with E-state index in [1.54, 1.807) is 6.92 Å². The minimum Gasteiger partial charge on any atom is -0.481 e. The van der Waals surface area contributed by atoms with Crippen LogP contribution in [0, 0.1) is 11.6 Å². The molecule has 0 unspecified atom stereocenters. The molecule has 0 aliphatic heterocycles. The molecule has 0 atom stereocenters. The summed E-state index contributed by atoms with van der Waals surface area (Å²) in [5.74, 6) is -3.47. The molecule has 1 aromatic rings. The first kappa shape index (κ1) is 15.1. The number of aliphatic carboxylic acids is 1. The number of carboxylic acids is 1. The number of benzene rings is 1. The van der Waals surface area contributed by atoms with Crippen LogP contribution in [0.2, 0.25) is 0 Å². The summed E-state index contributed by atoms with van der Waals surface area (Å²) in [7, 11) is 0. The number of carbonyl (C=O) groups excluding carboxylic acids is 1. The zero-order chi connectivity index (χ0) is 14.4. The van der Waals surface area contributed by atoms with Crippen molar-refractivity contribution in [2.75, 3.05) is 13.1 Å². The average Bonchev–Trinajstić information content (AvgIpc) is 2.35. The van der Waals surface area contributed by atoms with Crippen molar-refractivity contribution in [1.82, 2.24) is 4.90 Å². The van der Waals surface area contributed by atoms with Crippen molar-refractivity contribution in [3.63, 3.8) is 0 Å². The summed E-state index contributed by atoms with van der Waals surface area (Å²) in [6.45, 7) is 2.08. The Morgan fingerprint density at radius 1 is 1.32 bits per heavy atom. The zero-order valence-electron chi connectivity index (χ0n) is 10.5. The molecule has 0 saturated carbocycles. The molecule has 19 heavy (non-hydrogen) atoms. The first-order valence-electron chi connectivity index (χ1n) is 5.88. The molecule has 1 aromatic carbocycles. The molecule has 0 aliphatic carbocycles. The number of carboxylic acid groups (broad SMARTS) is 1. The molecule has 1 amide bonds. The van der Waals surface area contributed by atoms with E-state index in [0.29, 0.717) is 6.54 Å². The predicted octanol–water partition coefficient (Wildman–Crippen LogP) is 1.83. The molecule has 0 heterocycles. The summed E-state index contributed by atoms with van der Waals surface area (Å²) >= 11 is 0. The van der Waals surface area contributed by atoms with Crippen LogP contribution in [0.15, 0.2) is 18.2 Å². The van der Waals surface area contributed by atoms with Crippen LogP contribution in [0.3, 0.4) is 0 Å². The average molecular weight is 271 g/mol. The topological polar surface area (TPSA) is 57.6 Å². The first-order valence-corrected chi connectivity index (χ1v) is 5.88. The van der Waals surface area contributed by atoms with Crippen molar-refractivity contribution in [3.8, 4) is 0 Å². The molecule has 4 nitrogen and oxygen atoms in total. The minimum absolute atomic E-state index is 0.0289. The van der Waals surface area contributed by atoms with E-state index in [0.717, 1.165) is 6.07 Å². The molecule has 0 spiro atoms. The van der Waals surface area contributed by atoms with E-state index in [2.05, 4.69) is 0 Å². The van der Waals surface area contributed by atoms with Crippen LogP contribution in [-0.2, 0) is 16.0 Å². The molecule has 0 fully saturated rings. The van der Waals surface area contributed by atoms with Gasteiger partial charge < -0.3 is 10.0 Å². The lowest BCUT2D eigenvalue weighted by molar-refractivity contribution is -0.138. The van der Waals surface area contributed by atoms with Gasteiger partial charge in [-0.25, -0.2) is 8.78 Å². The van der Waals surface area contributed by atoms with Crippen LogP contribution in [0.25, 0.3) is 0 Å².